The van der Waals surface area contributed by atoms with Gasteiger partial charge in [0.1, 0.15) is 22.7 Å². The molecule has 2 aromatic carbocycles. The highest BCUT2D eigenvalue weighted by Crippen LogP contribution is 2.46. The Kier molecular flexibility index (Phi) is 7.15. The van der Waals surface area contributed by atoms with Crippen LogP contribution in [0.25, 0.3) is 20.9 Å². The fourth-order valence-electron chi connectivity index (χ4n) is 1.92. The van der Waals surface area contributed by atoms with Gasteiger partial charge in [0.05, 0.1) is 0 Å². The van der Waals surface area contributed by atoms with Crippen molar-refractivity contribution in [2.75, 3.05) is 6.26 Å². The third-order valence-corrected chi connectivity index (χ3v) is 6.90. The normalized spacial score (nSPS) is 10.9. The Morgan fingerprint density at radius 1 is 0.833 bits per heavy atom. The Morgan fingerprint density at radius 2 is 1.29 bits per heavy atom. The molecule has 0 amide bonds. The molecule has 0 fully saturated rings. The molecule has 0 aliphatic heterocycles. The van der Waals surface area contributed by atoms with Gasteiger partial charge in [0.2, 0.25) is 0 Å². The molecule has 3 aromatic rings. The quantitative estimate of drug-likeness (QED) is 0.489. The maximum atomic E-state index is 8.49. The topological polar surface area (TPSA) is 92.2 Å². The summed E-state index contributed by atoms with van der Waals surface area (Å²) < 4.78 is 35.4. The SMILES string of the molecule is CSc1sc(-c2ccccc2)c(-c2ccccc2)[s+]1.[O-][Cl+3]([O-])([O-])[O-]. The van der Waals surface area contributed by atoms with Crippen molar-refractivity contribution in [3.63, 3.8) is 0 Å². The molecule has 8 heteroatoms. The number of halogens is 1. The van der Waals surface area contributed by atoms with Crippen molar-refractivity contribution < 1.29 is 28.9 Å². The standard InChI is InChI=1S/C16H13S3.ClHO4/c1-17-16-18-14(12-8-4-2-5-9-12)15(19-16)13-10-6-3-7-11-13;2-1(3,4)5/h2-11H,1H3;(H,2,3,4,5)/q+1;/p-1. The van der Waals surface area contributed by atoms with Crippen LogP contribution in [0, 0.1) is 10.2 Å². The van der Waals surface area contributed by atoms with E-state index in [0.29, 0.717) is 0 Å². The van der Waals surface area contributed by atoms with E-state index in [4.69, 9.17) is 18.6 Å². The van der Waals surface area contributed by atoms with E-state index in [1.807, 2.05) is 34.4 Å². The first-order chi connectivity index (χ1) is 11.4. The summed E-state index contributed by atoms with van der Waals surface area (Å²) in [6.07, 6.45) is 2.14. The maximum Gasteiger partial charge on any atom is 0.313 e. The van der Waals surface area contributed by atoms with Crippen molar-refractivity contribution in [2.24, 2.45) is 0 Å². The fourth-order valence-corrected chi connectivity index (χ4v) is 5.27. The summed E-state index contributed by atoms with van der Waals surface area (Å²) in [5.41, 5.74) is 2.62. The highest BCUT2D eigenvalue weighted by Gasteiger charge is 2.24. The van der Waals surface area contributed by atoms with E-state index in [1.165, 1.54) is 24.4 Å². The van der Waals surface area contributed by atoms with Gasteiger partial charge in [-0.1, -0.05) is 72.4 Å². The zero-order chi connectivity index (χ0) is 17.6. The van der Waals surface area contributed by atoms with Crippen LogP contribution in [0.4, 0.5) is 0 Å². The van der Waals surface area contributed by atoms with Crippen molar-refractivity contribution in [1.29, 1.82) is 0 Å². The van der Waals surface area contributed by atoms with Gasteiger partial charge in [-0.25, -0.2) is 18.6 Å². The highest BCUT2D eigenvalue weighted by molar-refractivity contribution is 8.02. The molecule has 1 heterocycles. The molecule has 0 saturated heterocycles. The molecule has 0 unspecified atom stereocenters. The minimum Gasteiger partial charge on any atom is -0.222 e. The molecular formula is C16H13ClO4S3. The van der Waals surface area contributed by atoms with Crippen molar-refractivity contribution in [2.45, 2.75) is 3.52 Å². The zero-order valence-corrected chi connectivity index (χ0v) is 15.7. The molecule has 0 bridgehead atoms. The van der Waals surface area contributed by atoms with E-state index in [2.05, 4.69) is 66.9 Å². The van der Waals surface area contributed by atoms with Crippen LogP contribution in [0.5, 0.6) is 0 Å². The molecule has 126 valence electrons. The highest BCUT2D eigenvalue weighted by atomic mass is 35.7. The summed E-state index contributed by atoms with van der Waals surface area (Å²) in [5, 5.41) is 0. The number of thioether (sulfide) groups is 1. The number of benzene rings is 2. The summed E-state index contributed by atoms with van der Waals surface area (Å²) in [7, 11) is -4.94. The first kappa shape index (κ1) is 19.3. The van der Waals surface area contributed by atoms with Gasteiger partial charge in [0.25, 0.3) is 0 Å². The predicted molar refractivity (Wildman–Crippen MR) is 89.3 cm³/mol. The van der Waals surface area contributed by atoms with Crippen molar-refractivity contribution in [1.82, 2.24) is 0 Å². The Labute approximate surface area is 154 Å². The lowest BCUT2D eigenvalue weighted by molar-refractivity contribution is -2.00. The molecule has 0 aliphatic carbocycles. The van der Waals surface area contributed by atoms with Crippen LogP contribution in [0.1, 0.15) is 0 Å². The molecule has 0 atom stereocenters. The summed E-state index contributed by atoms with van der Waals surface area (Å²) in [4.78, 5) is 2.75. The summed E-state index contributed by atoms with van der Waals surface area (Å²) >= 11 is 5.61. The smallest absolute Gasteiger partial charge is 0.222 e. The number of rotatable bonds is 3. The van der Waals surface area contributed by atoms with Crippen LogP contribution in [0.15, 0.2) is 64.2 Å². The molecule has 4 nitrogen and oxygen atoms in total. The van der Waals surface area contributed by atoms with Gasteiger partial charge < -0.3 is 0 Å². The fraction of sp³-hybridized carbons (Fsp3) is 0.0625. The van der Waals surface area contributed by atoms with Crippen LogP contribution in [0.2, 0.25) is 0 Å². The lowest BCUT2D eigenvalue weighted by atomic mass is 10.1. The van der Waals surface area contributed by atoms with E-state index >= 15 is 0 Å². The maximum absolute atomic E-state index is 8.49. The van der Waals surface area contributed by atoms with E-state index in [-0.39, 0.29) is 0 Å². The average molecular weight is 401 g/mol. The minimum absolute atomic E-state index is 1.31. The summed E-state index contributed by atoms with van der Waals surface area (Å²) in [5.74, 6) is 0. The predicted octanol–water partition coefficient (Wildman–Crippen LogP) is 1.39. The number of hydrogen-bond donors (Lipinski definition) is 0. The van der Waals surface area contributed by atoms with Crippen molar-refractivity contribution in [3.05, 3.63) is 60.7 Å². The lowest BCUT2D eigenvalue weighted by Gasteiger charge is -2.17. The average Bonchev–Trinajstić information content (AvgIpc) is 2.99. The van der Waals surface area contributed by atoms with Crippen LogP contribution >= 0.6 is 34.4 Å². The molecular weight excluding hydrogens is 388 g/mol. The van der Waals surface area contributed by atoms with Gasteiger partial charge in [-0.05, 0) is 6.26 Å². The summed E-state index contributed by atoms with van der Waals surface area (Å²) in [6, 6.07) is 21.3. The molecule has 0 aliphatic rings. The second kappa shape index (κ2) is 8.89. The lowest BCUT2D eigenvalue weighted by Crippen LogP contribution is -2.68. The Morgan fingerprint density at radius 3 is 1.75 bits per heavy atom. The van der Waals surface area contributed by atoms with Crippen molar-refractivity contribution in [3.8, 4) is 20.9 Å². The number of hydrogen-bond acceptors (Lipinski definition) is 6. The first-order valence-corrected chi connectivity index (χ1v) is 10.7. The molecule has 3 rings (SSSR count). The largest absolute Gasteiger partial charge is 0.313 e. The van der Waals surface area contributed by atoms with Crippen LogP contribution in [0.3, 0.4) is 0 Å². The Bertz CT molecular complexity index is 695. The van der Waals surface area contributed by atoms with Gasteiger partial charge in [0, 0.05) is 11.1 Å². The Hall–Kier alpha value is -1.03. The van der Waals surface area contributed by atoms with Gasteiger partial charge in [-0.15, -0.1) is 10.2 Å². The van der Waals surface area contributed by atoms with Gasteiger partial charge in [-0.3, -0.25) is 0 Å². The minimum atomic E-state index is -4.94. The molecule has 0 spiro atoms. The van der Waals surface area contributed by atoms with Crippen LogP contribution < -0.4 is 18.6 Å². The Balaban J connectivity index is 0.000000368. The monoisotopic (exact) mass is 400 g/mol. The van der Waals surface area contributed by atoms with E-state index in [9.17, 15) is 0 Å². The third-order valence-electron chi connectivity index (χ3n) is 2.82. The molecule has 0 N–H and O–H groups in total. The molecule has 0 radical (unpaired) electrons. The van der Waals surface area contributed by atoms with E-state index in [0.717, 1.165) is 0 Å². The van der Waals surface area contributed by atoms with Gasteiger partial charge >= 0.3 is 3.52 Å². The zero-order valence-electron chi connectivity index (χ0n) is 12.5. The van der Waals surface area contributed by atoms with E-state index in [1.54, 1.807) is 0 Å². The van der Waals surface area contributed by atoms with E-state index < -0.39 is 10.2 Å². The van der Waals surface area contributed by atoms with Crippen LogP contribution in [-0.2, 0) is 0 Å². The van der Waals surface area contributed by atoms with Crippen molar-refractivity contribution >= 4 is 34.4 Å². The van der Waals surface area contributed by atoms with Crippen LogP contribution in [-0.4, -0.2) is 6.26 Å². The third kappa shape index (κ3) is 6.12. The molecule has 1 aromatic heterocycles. The summed E-state index contributed by atoms with van der Waals surface area (Å²) in [6.45, 7) is 0. The first-order valence-electron chi connectivity index (χ1n) is 6.62. The second-order valence-corrected chi connectivity index (χ2v) is 8.82. The van der Waals surface area contributed by atoms with Gasteiger partial charge in [0.15, 0.2) is 9.75 Å². The molecule has 24 heavy (non-hydrogen) atoms. The second-order valence-electron chi connectivity index (χ2n) is 4.43. The molecule has 0 saturated carbocycles. The van der Waals surface area contributed by atoms with Gasteiger partial charge in [-0.2, -0.15) is 0 Å².